The molecule has 1 aliphatic rings. The lowest BCUT2D eigenvalue weighted by atomic mass is 10.0. The molecule has 8 heteroatoms. The van der Waals surface area contributed by atoms with E-state index in [0.717, 1.165) is 24.4 Å². The highest BCUT2D eigenvalue weighted by Crippen LogP contribution is 2.27. The number of carbonyl (C=O) groups is 1. The lowest BCUT2D eigenvalue weighted by Gasteiger charge is -2.28. The van der Waals surface area contributed by atoms with Crippen LogP contribution in [0.1, 0.15) is 37.3 Å². The Bertz CT molecular complexity index is 1000. The van der Waals surface area contributed by atoms with E-state index < -0.39 is 0 Å². The van der Waals surface area contributed by atoms with Gasteiger partial charge in [-0.25, -0.2) is 0 Å². The van der Waals surface area contributed by atoms with Crippen molar-refractivity contribution >= 4 is 5.91 Å². The molecule has 1 atom stereocenters. The van der Waals surface area contributed by atoms with Gasteiger partial charge in [-0.2, -0.15) is 4.80 Å². The third-order valence-electron chi connectivity index (χ3n) is 5.80. The van der Waals surface area contributed by atoms with Crippen molar-refractivity contribution in [3.05, 3.63) is 60.2 Å². The van der Waals surface area contributed by atoms with Crippen LogP contribution in [0.5, 0.6) is 5.75 Å². The van der Waals surface area contributed by atoms with Crippen LogP contribution in [0.3, 0.4) is 0 Å². The van der Waals surface area contributed by atoms with Crippen molar-refractivity contribution in [2.75, 3.05) is 26.7 Å². The second-order valence-corrected chi connectivity index (χ2v) is 8.02. The van der Waals surface area contributed by atoms with Crippen molar-refractivity contribution in [3.63, 3.8) is 0 Å². The number of ether oxygens (including phenoxy) is 1. The molecule has 0 saturated carbocycles. The third kappa shape index (κ3) is 5.70. The molecule has 8 nitrogen and oxygen atoms in total. The molecular weight excluding hydrogens is 404 g/mol. The van der Waals surface area contributed by atoms with Gasteiger partial charge < -0.3 is 10.1 Å². The van der Waals surface area contributed by atoms with Crippen LogP contribution in [0.4, 0.5) is 0 Å². The second-order valence-electron chi connectivity index (χ2n) is 8.02. The van der Waals surface area contributed by atoms with Gasteiger partial charge >= 0.3 is 0 Å². The zero-order valence-electron chi connectivity index (χ0n) is 18.5. The number of hydrogen-bond acceptors (Lipinski definition) is 6. The number of aryl methyl sites for hydroxylation is 1. The maximum atomic E-state index is 12.5. The lowest BCUT2D eigenvalue weighted by molar-refractivity contribution is -0.121. The Hall–Kier alpha value is -3.26. The Morgan fingerprint density at radius 1 is 1.12 bits per heavy atom. The summed E-state index contributed by atoms with van der Waals surface area (Å²) in [5.41, 5.74) is 2.11. The number of methoxy groups -OCH3 is 1. The molecule has 2 heterocycles. The highest BCUT2D eigenvalue weighted by Gasteiger charge is 2.24. The second kappa shape index (κ2) is 10.9. The van der Waals surface area contributed by atoms with E-state index >= 15 is 0 Å². The molecular formula is C24H30N6O2. The summed E-state index contributed by atoms with van der Waals surface area (Å²) < 4.78 is 5.39. The van der Waals surface area contributed by atoms with Crippen LogP contribution in [0.15, 0.2) is 54.6 Å². The van der Waals surface area contributed by atoms with Gasteiger partial charge in [0.05, 0.1) is 19.7 Å². The smallest absolute Gasteiger partial charge is 0.220 e. The van der Waals surface area contributed by atoms with Crippen LogP contribution < -0.4 is 10.1 Å². The molecule has 1 fully saturated rings. The number of benzene rings is 2. The quantitative estimate of drug-likeness (QED) is 0.528. The molecule has 2 aromatic carbocycles. The predicted molar refractivity (Wildman–Crippen MR) is 122 cm³/mol. The van der Waals surface area contributed by atoms with E-state index in [0.29, 0.717) is 31.8 Å². The predicted octanol–water partition coefficient (Wildman–Crippen LogP) is 3.08. The summed E-state index contributed by atoms with van der Waals surface area (Å²) in [6.45, 7) is 3.25. The summed E-state index contributed by atoms with van der Waals surface area (Å²) in [4.78, 5) is 16.5. The molecule has 0 spiro atoms. The number of tetrazole rings is 1. The lowest BCUT2D eigenvalue weighted by Crippen LogP contribution is -2.36. The molecule has 32 heavy (non-hydrogen) atoms. The van der Waals surface area contributed by atoms with Gasteiger partial charge in [0, 0.05) is 18.5 Å². The molecule has 1 unspecified atom stereocenters. The summed E-state index contributed by atoms with van der Waals surface area (Å²) in [7, 11) is 1.68. The maximum absolute atomic E-state index is 12.5. The van der Waals surface area contributed by atoms with Crippen molar-refractivity contribution in [2.45, 2.75) is 38.3 Å². The number of likely N-dealkylation sites (tertiary alicyclic amines) is 1. The number of amides is 1. The minimum absolute atomic E-state index is 0.0421. The summed E-state index contributed by atoms with van der Waals surface area (Å²) >= 11 is 0. The molecule has 1 amide bonds. The number of nitrogens with one attached hydrogen (secondary N) is 1. The normalized spacial score (nSPS) is 14.9. The van der Waals surface area contributed by atoms with Crippen molar-refractivity contribution in [3.8, 4) is 17.1 Å². The van der Waals surface area contributed by atoms with Crippen LogP contribution in [0.25, 0.3) is 11.4 Å². The first-order valence-electron chi connectivity index (χ1n) is 11.2. The van der Waals surface area contributed by atoms with Gasteiger partial charge in [0.2, 0.25) is 11.7 Å². The van der Waals surface area contributed by atoms with Crippen LogP contribution in [0.2, 0.25) is 0 Å². The van der Waals surface area contributed by atoms with Gasteiger partial charge in [-0.3, -0.25) is 9.69 Å². The van der Waals surface area contributed by atoms with Gasteiger partial charge in [0.1, 0.15) is 5.75 Å². The molecule has 4 rings (SSSR count). The first-order valence-corrected chi connectivity index (χ1v) is 11.2. The van der Waals surface area contributed by atoms with Crippen LogP contribution in [0, 0.1) is 0 Å². The molecule has 0 radical (unpaired) electrons. The molecule has 0 aliphatic carbocycles. The van der Waals surface area contributed by atoms with Crippen LogP contribution >= 0.6 is 0 Å². The molecule has 0 bridgehead atoms. The van der Waals surface area contributed by atoms with Gasteiger partial charge in [-0.15, -0.1) is 10.2 Å². The molecule has 3 aromatic rings. The number of hydrogen-bond donors (Lipinski definition) is 1. The average molecular weight is 435 g/mol. The summed E-state index contributed by atoms with van der Waals surface area (Å²) in [5.74, 6) is 1.48. The minimum atomic E-state index is 0.0421. The fourth-order valence-electron chi connectivity index (χ4n) is 4.08. The van der Waals surface area contributed by atoms with Crippen molar-refractivity contribution < 1.29 is 9.53 Å². The Morgan fingerprint density at radius 3 is 2.72 bits per heavy atom. The monoisotopic (exact) mass is 434 g/mol. The summed E-state index contributed by atoms with van der Waals surface area (Å²) in [6, 6.07) is 18.0. The van der Waals surface area contributed by atoms with Crippen molar-refractivity contribution in [1.29, 1.82) is 0 Å². The van der Waals surface area contributed by atoms with Crippen LogP contribution in [-0.2, 0) is 11.3 Å². The van der Waals surface area contributed by atoms with Gasteiger partial charge in [0.15, 0.2) is 0 Å². The Labute approximate surface area is 188 Å². The molecule has 1 aliphatic heterocycles. The topological polar surface area (TPSA) is 85.2 Å². The highest BCUT2D eigenvalue weighted by molar-refractivity contribution is 5.75. The van der Waals surface area contributed by atoms with Crippen molar-refractivity contribution in [1.82, 2.24) is 30.4 Å². The number of aromatic nitrogens is 4. The fourth-order valence-corrected chi connectivity index (χ4v) is 4.08. The van der Waals surface area contributed by atoms with E-state index in [2.05, 4.69) is 37.8 Å². The Balaban J connectivity index is 1.27. The zero-order chi connectivity index (χ0) is 22.2. The minimum Gasteiger partial charge on any atom is -0.497 e. The van der Waals surface area contributed by atoms with Crippen LogP contribution in [-0.4, -0.2) is 57.8 Å². The summed E-state index contributed by atoms with van der Waals surface area (Å²) in [6.07, 6.45) is 3.48. The highest BCUT2D eigenvalue weighted by atomic mass is 16.5. The molecule has 168 valence electrons. The SMILES string of the molecule is COc1cccc(C(CNC(=O)CCCn2nnc(-c3ccccc3)n2)N2CCCC2)c1. The first kappa shape index (κ1) is 22.0. The van der Waals surface area contributed by atoms with E-state index in [1.54, 1.807) is 11.9 Å². The first-order chi connectivity index (χ1) is 15.7. The van der Waals surface area contributed by atoms with Crippen molar-refractivity contribution in [2.24, 2.45) is 0 Å². The van der Waals surface area contributed by atoms with E-state index in [9.17, 15) is 4.79 Å². The fraction of sp³-hybridized carbons (Fsp3) is 0.417. The molecule has 1 saturated heterocycles. The van der Waals surface area contributed by atoms with Gasteiger partial charge in [-0.05, 0) is 55.3 Å². The van der Waals surface area contributed by atoms with E-state index in [-0.39, 0.29) is 11.9 Å². The van der Waals surface area contributed by atoms with E-state index in [4.69, 9.17) is 4.74 Å². The standard InChI is InChI=1S/C24H30N6O2/c1-32-21-12-7-11-20(17-21)22(29-14-5-6-15-29)18-25-23(31)13-8-16-30-27-24(26-28-30)19-9-3-2-4-10-19/h2-4,7,9-12,17,22H,5-6,8,13-16,18H2,1H3,(H,25,31). The molecule has 1 N–H and O–H groups in total. The largest absolute Gasteiger partial charge is 0.497 e. The Kier molecular flexibility index (Phi) is 7.45. The number of nitrogens with zero attached hydrogens (tertiary/aromatic N) is 5. The third-order valence-corrected chi connectivity index (χ3v) is 5.80. The average Bonchev–Trinajstić information content (AvgIpc) is 3.53. The zero-order valence-corrected chi connectivity index (χ0v) is 18.5. The summed E-state index contributed by atoms with van der Waals surface area (Å²) in [5, 5.41) is 15.7. The Morgan fingerprint density at radius 2 is 1.94 bits per heavy atom. The van der Waals surface area contributed by atoms with E-state index in [1.165, 1.54) is 18.4 Å². The molecule has 1 aromatic heterocycles. The van der Waals surface area contributed by atoms with E-state index in [1.807, 2.05) is 42.5 Å². The van der Waals surface area contributed by atoms with Gasteiger partial charge in [0.25, 0.3) is 0 Å². The maximum Gasteiger partial charge on any atom is 0.220 e. The number of rotatable bonds is 10. The van der Waals surface area contributed by atoms with Gasteiger partial charge in [-0.1, -0.05) is 42.5 Å². The number of carbonyl (C=O) groups excluding carboxylic acids is 1.